The number of benzene rings is 2. The lowest BCUT2D eigenvalue weighted by atomic mass is 10.1. The summed E-state index contributed by atoms with van der Waals surface area (Å²) < 4.78 is 1.49. The van der Waals surface area contributed by atoms with Gasteiger partial charge in [-0.25, -0.2) is 4.98 Å². The second-order valence-electron chi connectivity index (χ2n) is 6.37. The minimum atomic E-state index is -0.165. The minimum absolute atomic E-state index is 0.145. The first-order valence-electron chi connectivity index (χ1n) is 8.72. The van der Waals surface area contributed by atoms with Crippen LogP contribution in [0.3, 0.4) is 0 Å². The van der Waals surface area contributed by atoms with Crippen LogP contribution in [0.5, 0.6) is 0 Å². The van der Waals surface area contributed by atoms with Gasteiger partial charge in [-0.1, -0.05) is 30.3 Å². The van der Waals surface area contributed by atoms with Gasteiger partial charge in [-0.3, -0.25) is 14.2 Å². The van der Waals surface area contributed by atoms with Crippen LogP contribution in [-0.2, 0) is 6.54 Å². The molecule has 138 valence electrons. The van der Waals surface area contributed by atoms with Crippen molar-refractivity contribution < 1.29 is 4.79 Å². The second kappa shape index (κ2) is 8.31. The van der Waals surface area contributed by atoms with Crippen LogP contribution in [-0.4, -0.2) is 36.1 Å². The van der Waals surface area contributed by atoms with E-state index in [1.54, 1.807) is 12.1 Å². The van der Waals surface area contributed by atoms with Gasteiger partial charge in [0.25, 0.3) is 11.5 Å². The zero-order chi connectivity index (χ0) is 19.2. The summed E-state index contributed by atoms with van der Waals surface area (Å²) in [5.74, 6) is -0.165. The molecule has 0 atom stereocenters. The van der Waals surface area contributed by atoms with Crippen LogP contribution in [0.25, 0.3) is 11.3 Å². The highest BCUT2D eigenvalue weighted by molar-refractivity contribution is 5.94. The third-order valence-corrected chi connectivity index (χ3v) is 4.23. The maximum absolute atomic E-state index is 12.3. The normalized spacial score (nSPS) is 10.4. The summed E-state index contributed by atoms with van der Waals surface area (Å²) >= 11 is 0. The maximum atomic E-state index is 12.3. The predicted molar refractivity (Wildman–Crippen MR) is 107 cm³/mol. The van der Waals surface area contributed by atoms with E-state index in [2.05, 4.69) is 10.3 Å². The second-order valence-corrected chi connectivity index (χ2v) is 6.37. The lowest BCUT2D eigenvalue weighted by molar-refractivity contribution is 0.0952. The Morgan fingerprint density at radius 1 is 1.07 bits per heavy atom. The molecule has 3 aromatic rings. The molecule has 0 aliphatic rings. The van der Waals surface area contributed by atoms with Crippen LogP contribution >= 0.6 is 0 Å². The van der Waals surface area contributed by atoms with Crippen molar-refractivity contribution in [2.24, 2.45) is 0 Å². The van der Waals surface area contributed by atoms with Crippen molar-refractivity contribution >= 4 is 11.6 Å². The van der Waals surface area contributed by atoms with E-state index in [0.29, 0.717) is 24.3 Å². The molecule has 6 nitrogen and oxygen atoms in total. The van der Waals surface area contributed by atoms with Gasteiger partial charge >= 0.3 is 0 Å². The summed E-state index contributed by atoms with van der Waals surface area (Å²) in [6.45, 7) is 0.711. The molecule has 1 heterocycles. The van der Waals surface area contributed by atoms with E-state index in [9.17, 15) is 9.59 Å². The molecule has 6 heteroatoms. The molecule has 0 unspecified atom stereocenters. The molecule has 0 fully saturated rings. The largest absolute Gasteiger partial charge is 0.378 e. The van der Waals surface area contributed by atoms with Crippen LogP contribution in [0.4, 0.5) is 5.69 Å². The third kappa shape index (κ3) is 4.61. The van der Waals surface area contributed by atoms with Crippen LogP contribution in [0.2, 0.25) is 0 Å². The van der Waals surface area contributed by atoms with Crippen LogP contribution in [0.1, 0.15) is 10.4 Å². The fourth-order valence-electron chi connectivity index (χ4n) is 2.66. The molecule has 1 amide bonds. The quantitative estimate of drug-likeness (QED) is 0.731. The van der Waals surface area contributed by atoms with Crippen LogP contribution in [0, 0.1) is 0 Å². The van der Waals surface area contributed by atoms with Crippen molar-refractivity contribution in [2.75, 3.05) is 25.5 Å². The Morgan fingerprint density at radius 2 is 1.78 bits per heavy atom. The number of aromatic nitrogens is 2. The van der Waals surface area contributed by atoms with Crippen molar-refractivity contribution in [3.8, 4) is 11.3 Å². The SMILES string of the molecule is CN(C)c1ccc(C(=O)NCCn2cnc(-c3ccccc3)cc2=O)cc1. The van der Waals surface area contributed by atoms with Crippen LogP contribution in [0.15, 0.2) is 71.8 Å². The molecule has 27 heavy (non-hydrogen) atoms. The molecule has 0 radical (unpaired) electrons. The molecule has 0 saturated heterocycles. The number of nitrogens with zero attached hydrogens (tertiary/aromatic N) is 3. The lowest BCUT2D eigenvalue weighted by Crippen LogP contribution is -2.30. The molecule has 0 bridgehead atoms. The Kier molecular flexibility index (Phi) is 5.66. The third-order valence-electron chi connectivity index (χ3n) is 4.23. The predicted octanol–water partition coefficient (Wildman–Crippen LogP) is 2.41. The van der Waals surface area contributed by atoms with Crippen molar-refractivity contribution in [1.29, 1.82) is 0 Å². The van der Waals surface area contributed by atoms with Gasteiger partial charge < -0.3 is 10.2 Å². The Hall–Kier alpha value is -3.41. The highest BCUT2D eigenvalue weighted by Crippen LogP contribution is 2.13. The fourth-order valence-corrected chi connectivity index (χ4v) is 2.66. The lowest BCUT2D eigenvalue weighted by Gasteiger charge is -2.13. The number of carbonyl (C=O) groups excluding carboxylic acids is 1. The molecular weight excluding hydrogens is 340 g/mol. The van der Waals surface area contributed by atoms with Crippen LogP contribution < -0.4 is 15.8 Å². The Balaban J connectivity index is 1.58. The Morgan fingerprint density at radius 3 is 2.41 bits per heavy atom. The fraction of sp³-hybridized carbons (Fsp3) is 0.190. The summed E-state index contributed by atoms with van der Waals surface area (Å²) in [4.78, 5) is 30.8. The summed E-state index contributed by atoms with van der Waals surface area (Å²) in [5, 5.41) is 2.83. The molecule has 3 rings (SSSR count). The van der Waals surface area contributed by atoms with Gasteiger partial charge in [0.15, 0.2) is 0 Å². The highest BCUT2D eigenvalue weighted by atomic mass is 16.1. The molecule has 0 aliphatic carbocycles. The molecule has 1 N–H and O–H groups in total. The zero-order valence-electron chi connectivity index (χ0n) is 15.4. The Bertz CT molecular complexity index is 963. The standard InChI is InChI=1S/C21H22N4O2/c1-24(2)18-10-8-17(9-11-18)21(27)22-12-13-25-15-23-19(14-20(25)26)16-6-4-3-5-7-16/h3-11,14-15H,12-13H2,1-2H3,(H,22,27). The van der Waals surface area contributed by atoms with E-state index in [-0.39, 0.29) is 11.5 Å². The van der Waals surface area contributed by atoms with Gasteiger partial charge in [0.05, 0.1) is 12.0 Å². The molecular formula is C21H22N4O2. The van der Waals surface area contributed by atoms with Gasteiger partial charge in [-0.05, 0) is 24.3 Å². The maximum Gasteiger partial charge on any atom is 0.253 e. The van der Waals surface area contributed by atoms with E-state index >= 15 is 0 Å². The number of carbonyl (C=O) groups is 1. The monoisotopic (exact) mass is 362 g/mol. The average molecular weight is 362 g/mol. The van der Waals surface area contributed by atoms with Gasteiger partial charge in [-0.15, -0.1) is 0 Å². The minimum Gasteiger partial charge on any atom is -0.378 e. The molecule has 0 spiro atoms. The molecule has 0 aliphatic heterocycles. The van der Waals surface area contributed by atoms with E-state index < -0.39 is 0 Å². The summed E-state index contributed by atoms with van der Waals surface area (Å²) in [6, 6.07) is 18.4. The van der Waals surface area contributed by atoms with E-state index in [4.69, 9.17) is 0 Å². The summed E-state index contributed by atoms with van der Waals surface area (Å²) in [6.07, 6.45) is 1.52. The Labute approximate surface area is 158 Å². The summed E-state index contributed by atoms with van der Waals surface area (Å²) in [7, 11) is 3.90. The van der Waals surface area contributed by atoms with Gasteiger partial charge in [0, 0.05) is 50.1 Å². The smallest absolute Gasteiger partial charge is 0.253 e. The zero-order valence-corrected chi connectivity index (χ0v) is 15.4. The first kappa shape index (κ1) is 18.4. The number of nitrogens with one attached hydrogen (secondary N) is 1. The van der Waals surface area contributed by atoms with Gasteiger partial charge in [0.2, 0.25) is 0 Å². The van der Waals surface area contributed by atoms with Crippen molar-refractivity contribution in [3.05, 3.63) is 82.9 Å². The van der Waals surface area contributed by atoms with Gasteiger partial charge in [0.1, 0.15) is 0 Å². The molecule has 2 aromatic carbocycles. The number of anilines is 1. The van der Waals surface area contributed by atoms with Crippen molar-refractivity contribution in [1.82, 2.24) is 14.9 Å². The number of rotatable bonds is 6. The van der Waals surface area contributed by atoms with E-state index in [1.807, 2.05) is 61.5 Å². The highest BCUT2D eigenvalue weighted by Gasteiger charge is 2.07. The van der Waals surface area contributed by atoms with Gasteiger partial charge in [-0.2, -0.15) is 0 Å². The molecule has 0 saturated carbocycles. The number of hydrogen-bond acceptors (Lipinski definition) is 4. The van der Waals surface area contributed by atoms with Crippen molar-refractivity contribution in [2.45, 2.75) is 6.54 Å². The number of hydrogen-bond donors (Lipinski definition) is 1. The average Bonchev–Trinajstić information content (AvgIpc) is 2.69. The first-order chi connectivity index (χ1) is 13.0. The van der Waals surface area contributed by atoms with Crippen molar-refractivity contribution in [3.63, 3.8) is 0 Å². The topological polar surface area (TPSA) is 67.2 Å². The number of amides is 1. The molecule has 1 aromatic heterocycles. The first-order valence-corrected chi connectivity index (χ1v) is 8.72. The summed E-state index contributed by atoms with van der Waals surface area (Å²) in [5.41, 5.74) is 3.01. The van der Waals surface area contributed by atoms with E-state index in [1.165, 1.54) is 17.0 Å². The van der Waals surface area contributed by atoms with E-state index in [0.717, 1.165) is 11.3 Å².